The van der Waals surface area contributed by atoms with Gasteiger partial charge in [-0.15, -0.1) is 12.3 Å². The summed E-state index contributed by atoms with van der Waals surface area (Å²) in [6.07, 6.45) is 5.78. The van der Waals surface area contributed by atoms with Crippen LogP contribution in [0.3, 0.4) is 0 Å². The molecule has 0 rings (SSSR count). The summed E-state index contributed by atoms with van der Waals surface area (Å²) in [7, 11) is 1.61. The van der Waals surface area contributed by atoms with E-state index in [1.54, 1.807) is 7.11 Å². The highest BCUT2D eigenvalue weighted by Crippen LogP contribution is 1.96. The Bertz CT molecular complexity index is 128. The van der Waals surface area contributed by atoms with Crippen LogP contribution < -0.4 is 0 Å². The van der Waals surface area contributed by atoms with E-state index in [9.17, 15) is 5.11 Å². The highest BCUT2D eigenvalue weighted by molar-refractivity contribution is 4.84. The van der Waals surface area contributed by atoms with Crippen molar-refractivity contribution in [2.45, 2.75) is 18.9 Å². The van der Waals surface area contributed by atoms with Gasteiger partial charge in [0, 0.05) is 13.5 Å². The largest absolute Gasteiger partial charge is 0.391 e. The smallest absolute Gasteiger partial charge is 0.0782 e. The summed E-state index contributed by atoms with van der Waals surface area (Å²) < 4.78 is 9.86. The Balaban J connectivity index is 3.09. The topological polar surface area (TPSA) is 38.7 Å². The van der Waals surface area contributed by atoms with E-state index in [-0.39, 0.29) is 0 Å². The van der Waals surface area contributed by atoms with Crippen molar-refractivity contribution in [1.82, 2.24) is 0 Å². The fraction of sp³-hybridized carbons (Fsp3) is 0.778. The normalized spacial score (nSPS) is 12.4. The van der Waals surface area contributed by atoms with Crippen molar-refractivity contribution in [1.29, 1.82) is 0 Å². The third-order valence-corrected chi connectivity index (χ3v) is 1.36. The molecule has 12 heavy (non-hydrogen) atoms. The molecule has 3 heteroatoms. The standard InChI is InChI=1S/C9H16O3/c1-3-4-5-9(10)8-12-7-6-11-2/h1,9-10H,4-8H2,2H3. The molecule has 0 radical (unpaired) electrons. The number of aliphatic hydroxyl groups is 1. The van der Waals surface area contributed by atoms with Gasteiger partial charge in [0.15, 0.2) is 0 Å². The molecule has 0 aliphatic heterocycles. The van der Waals surface area contributed by atoms with Gasteiger partial charge < -0.3 is 14.6 Å². The number of methoxy groups -OCH3 is 1. The first-order valence-corrected chi connectivity index (χ1v) is 3.99. The van der Waals surface area contributed by atoms with Crippen LogP contribution in [0, 0.1) is 12.3 Å². The lowest BCUT2D eigenvalue weighted by molar-refractivity contribution is 0.0110. The van der Waals surface area contributed by atoms with E-state index in [4.69, 9.17) is 15.9 Å². The minimum atomic E-state index is -0.446. The van der Waals surface area contributed by atoms with Gasteiger partial charge in [-0.2, -0.15) is 0 Å². The molecule has 0 aromatic heterocycles. The Kier molecular flexibility index (Phi) is 8.14. The summed E-state index contributed by atoms with van der Waals surface area (Å²) in [6, 6.07) is 0. The molecule has 0 aliphatic rings. The van der Waals surface area contributed by atoms with Crippen molar-refractivity contribution in [2.24, 2.45) is 0 Å². The fourth-order valence-electron chi connectivity index (χ4n) is 0.695. The molecule has 1 atom stereocenters. The monoisotopic (exact) mass is 172 g/mol. The predicted molar refractivity (Wildman–Crippen MR) is 46.8 cm³/mol. The maximum absolute atomic E-state index is 9.22. The van der Waals surface area contributed by atoms with E-state index in [1.807, 2.05) is 0 Å². The lowest BCUT2D eigenvalue weighted by atomic mass is 10.2. The van der Waals surface area contributed by atoms with Gasteiger partial charge in [-0.25, -0.2) is 0 Å². The molecule has 0 aliphatic carbocycles. The first kappa shape index (κ1) is 11.4. The molecule has 0 heterocycles. The summed E-state index contributed by atoms with van der Waals surface area (Å²) in [5.41, 5.74) is 0. The SMILES string of the molecule is C#CCCC(O)COCCOC. The van der Waals surface area contributed by atoms with E-state index >= 15 is 0 Å². The van der Waals surface area contributed by atoms with Crippen LogP contribution in [0.15, 0.2) is 0 Å². The third-order valence-electron chi connectivity index (χ3n) is 1.36. The van der Waals surface area contributed by atoms with Gasteiger partial charge in [0.05, 0.1) is 25.9 Å². The van der Waals surface area contributed by atoms with Crippen molar-refractivity contribution < 1.29 is 14.6 Å². The summed E-state index contributed by atoms with van der Waals surface area (Å²) in [4.78, 5) is 0. The molecule has 0 saturated carbocycles. The second-order valence-electron chi connectivity index (χ2n) is 2.46. The molecule has 0 aromatic carbocycles. The zero-order valence-corrected chi connectivity index (χ0v) is 7.45. The van der Waals surface area contributed by atoms with Crippen LogP contribution in [0.1, 0.15) is 12.8 Å². The number of aliphatic hydroxyl groups excluding tert-OH is 1. The maximum Gasteiger partial charge on any atom is 0.0782 e. The molecule has 1 unspecified atom stereocenters. The van der Waals surface area contributed by atoms with Gasteiger partial charge in [-0.3, -0.25) is 0 Å². The molecule has 0 bridgehead atoms. The average molecular weight is 172 g/mol. The summed E-state index contributed by atoms with van der Waals surface area (Å²) in [5, 5.41) is 9.22. The Labute approximate surface area is 73.7 Å². The molecular weight excluding hydrogens is 156 g/mol. The quantitative estimate of drug-likeness (QED) is 0.447. The van der Waals surface area contributed by atoms with Gasteiger partial charge in [0.2, 0.25) is 0 Å². The van der Waals surface area contributed by atoms with Crippen molar-refractivity contribution in [3.63, 3.8) is 0 Å². The zero-order chi connectivity index (χ0) is 9.23. The van der Waals surface area contributed by atoms with Crippen LogP contribution in [-0.2, 0) is 9.47 Å². The lowest BCUT2D eigenvalue weighted by Gasteiger charge is -2.08. The zero-order valence-electron chi connectivity index (χ0n) is 7.45. The van der Waals surface area contributed by atoms with Gasteiger partial charge in [-0.1, -0.05) is 0 Å². The van der Waals surface area contributed by atoms with Crippen LogP contribution >= 0.6 is 0 Å². The molecule has 0 aromatic rings. The molecule has 0 spiro atoms. The lowest BCUT2D eigenvalue weighted by Crippen LogP contribution is -2.16. The minimum Gasteiger partial charge on any atom is -0.391 e. The number of hydrogen-bond acceptors (Lipinski definition) is 3. The Hall–Kier alpha value is -0.560. The number of hydrogen-bond donors (Lipinski definition) is 1. The highest BCUT2D eigenvalue weighted by Gasteiger charge is 2.01. The average Bonchev–Trinajstić information content (AvgIpc) is 2.09. The summed E-state index contributed by atoms with van der Waals surface area (Å²) in [6.45, 7) is 1.41. The van der Waals surface area contributed by atoms with Crippen LogP contribution in [-0.4, -0.2) is 38.1 Å². The van der Waals surface area contributed by atoms with Crippen molar-refractivity contribution in [2.75, 3.05) is 26.9 Å². The molecule has 3 nitrogen and oxygen atoms in total. The van der Waals surface area contributed by atoms with Crippen molar-refractivity contribution in [3.8, 4) is 12.3 Å². The Morgan fingerprint density at radius 2 is 2.25 bits per heavy atom. The van der Waals surface area contributed by atoms with Crippen LogP contribution in [0.2, 0.25) is 0 Å². The first-order chi connectivity index (χ1) is 5.81. The van der Waals surface area contributed by atoms with Crippen LogP contribution in [0.5, 0.6) is 0 Å². The molecular formula is C9H16O3. The van der Waals surface area contributed by atoms with Gasteiger partial charge in [0.1, 0.15) is 0 Å². The second kappa shape index (κ2) is 8.54. The van der Waals surface area contributed by atoms with Crippen molar-refractivity contribution in [3.05, 3.63) is 0 Å². The first-order valence-electron chi connectivity index (χ1n) is 3.99. The van der Waals surface area contributed by atoms with Gasteiger partial charge in [-0.05, 0) is 6.42 Å². The predicted octanol–water partition coefficient (Wildman–Crippen LogP) is 0.424. The van der Waals surface area contributed by atoms with E-state index in [2.05, 4.69) is 5.92 Å². The van der Waals surface area contributed by atoms with Crippen LogP contribution in [0.25, 0.3) is 0 Å². The number of ether oxygens (including phenoxy) is 2. The Morgan fingerprint density at radius 1 is 1.50 bits per heavy atom. The molecule has 0 amide bonds. The van der Waals surface area contributed by atoms with Gasteiger partial charge in [0.25, 0.3) is 0 Å². The molecule has 1 N–H and O–H groups in total. The van der Waals surface area contributed by atoms with E-state index < -0.39 is 6.10 Å². The number of terminal acetylenes is 1. The third kappa shape index (κ3) is 7.55. The highest BCUT2D eigenvalue weighted by atomic mass is 16.5. The van der Waals surface area contributed by atoms with Crippen LogP contribution in [0.4, 0.5) is 0 Å². The van der Waals surface area contributed by atoms with E-state index in [0.717, 1.165) is 0 Å². The van der Waals surface area contributed by atoms with E-state index in [0.29, 0.717) is 32.7 Å². The Morgan fingerprint density at radius 3 is 2.83 bits per heavy atom. The maximum atomic E-state index is 9.22. The van der Waals surface area contributed by atoms with Crippen molar-refractivity contribution >= 4 is 0 Å². The molecule has 0 saturated heterocycles. The van der Waals surface area contributed by atoms with E-state index in [1.165, 1.54) is 0 Å². The summed E-state index contributed by atoms with van der Waals surface area (Å²) >= 11 is 0. The van der Waals surface area contributed by atoms with Gasteiger partial charge >= 0.3 is 0 Å². The minimum absolute atomic E-state index is 0.338. The number of rotatable bonds is 7. The molecule has 0 fully saturated rings. The second-order valence-corrected chi connectivity index (χ2v) is 2.46. The summed E-state index contributed by atoms with van der Waals surface area (Å²) in [5.74, 6) is 2.46. The fourth-order valence-corrected chi connectivity index (χ4v) is 0.695. The molecule has 70 valence electrons.